The molecule has 0 aliphatic carbocycles. The van der Waals surface area contributed by atoms with Crippen molar-refractivity contribution in [3.8, 4) is 0 Å². The van der Waals surface area contributed by atoms with Crippen molar-refractivity contribution < 1.29 is 9.59 Å². The van der Waals surface area contributed by atoms with Crippen LogP contribution in [0.25, 0.3) is 0 Å². The Balaban J connectivity index is 1.39. The second-order valence-corrected chi connectivity index (χ2v) is 8.85. The molecule has 1 fully saturated rings. The van der Waals surface area contributed by atoms with Crippen LogP contribution in [0.15, 0.2) is 41.8 Å². The van der Waals surface area contributed by atoms with E-state index in [2.05, 4.69) is 20.1 Å². The maximum atomic E-state index is 13.2. The minimum atomic E-state index is -0.446. The van der Waals surface area contributed by atoms with Crippen LogP contribution in [0.5, 0.6) is 0 Å². The van der Waals surface area contributed by atoms with Crippen molar-refractivity contribution in [2.24, 2.45) is 5.92 Å². The number of nitrogens with zero attached hydrogens (tertiary/aromatic N) is 4. The molecule has 2 aliphatic heterocycles. The molecule has 2 aliphatic rings. The number of aromatic nitrogens is 3. The van der Waals surface area contributed by atoms with Crippen LogP contribution in [0.2, 0.25) is 0 Å². The lowest BCUT2D eigenvalue weighted by Crippen LogP contribution is -2.35. The highest BCUT2D eigenvalue weighted by Gasteiger charge is 2.45. The Labute approximate surface area is 178 Å². The second-order valence-electron chi connectivity index (χ2n) is 7.88. The summed E-state index contributed by atoms with van der Waals surface area (Å²) in [6, 6.07) is 11.6. The number of aryl methyl sites for hydroxylation is 2. The molecule has 2 aromatic heterocycles. The number of hydrogen-bond donors (Lipinski definition) is 1. The molecule has 2 atom stereocenters. The SMILES string of the molecule is Cc1ccc(N2C(=O)C[C@@H](C(=O)NCc3nnc4n3CCC4)[C@@H]2c2cccs2)cc1. The van der Waals surface area contributed by atoms with E-state index in [1.807, 2.05) is 48.7 Å². The zero-order valence-electron chi connectivity index (χ0n) is 16.7. The van der Waals surface area contributed by atoms with Gasteiger partial charge in [-0.1, -0.05) is 23.8 Å². The topological polar surface area (TPSA) is 80.1 Å². The van der Waals surface area contributed by atoms with Crippen LogP contribution in [-0.4, -0.2) is 26.6 Å². The van der Waals surface area contributed by atoms with Gasteiger partial charge in [-0.2, -0.15) is 0 Å². The molecule has 0 spiro atoms. The van der Waals surface area contributed by atoms with Crippen molar-refractivity contribution in [2.45, 2.75) is 45.3 Å². The summed E-state index contributed by atoms with van der Waals surface area (Å²) in [4.78, 5) is 29.0. The third-order valence-corrected chi connectivity index (χ3v) is 6.86. The van der Waals surface area contributed by atoms with E-state index in [1.165, 1.54) is 0 Å². The molecule has 0 saturated carbocycles. The number of hydrogen-bond acceptors (Lipinski definition) is 5. The highest BCUT2D eigenvalue weighted by molar-refractivity contribution is 7.10. The quantitative estimate of drug-likeness (QED) is 0.687. The van der Waals surface area contributed by atoms with Crippen molar-refractivity contribution in [3.05, 3.63) is 63.9 Å². The Kier molecular flexibility index (Phi) is 4.86. The summed E-state index contributed by atoms with van der Waals surface area (Å²) >= 11 is 1.58. The fourth-order valence-electron chi connectivity index (χ4n) is 4.40. The number of thiophene rings is 1. The van der Waals surface area contributed by atoms with Crippen molar-refractivity contribution in [2.75, 3.05) is 4.90 Å². The van der Waals surface area contributed by atoms with Gasteiger partial charge in [0, 0.05) is 30.0 Å². The smallest absolute Gasteiger partial charge is 0.228 e. The Morgan fingerprint density at radius 1 is 1.23 bits per heavy atom. The number of fused-ring (bicyclic) bond motifs is 1. The molecule has 7 nitrogen and oxygen atoms in total. The van der Waals surface area contributed by atoms with E-state index in [-0.39, 0.29) is 24.3 Å². The molecule has 3 aromatic rings. The van der Waals surface area contributed by atoms with E-state index < -0.39 is 5.92 Å². The minimum absolute atomic E-state index is 0.0271. The van der Waals surface area contributed by atoms with Crippen LogP contribution >= 0.6 is 11.3 Å². The van der Waals surface area contributed by atoms with E-state index in [9.17, 15) is 9.59 Å². The van der Waals surface area contributed by atoms with Gasteiger partial charge in [0.25, 0.3) is 0 Å². The largest absolute Gasteiger partial charge is 0.348 e. The van der Waals surface area contributed by atoms with Crippen LogP contribution in [0, 0.1) is 12.8 Å². The average molecular weight is 422 g/mol. The first-order valence-electron chi connectivity index (χ1n) is 10.2. The summed E-state index contributed by atoms with van der Waals surface area (Å²) in [6.07, 6.45) is 2.19. The second kappa shape index (κ2) is 7.68. The predicted octanol–water partition coefficient (Wildman–Crippen LogP) is 3.00. The van der Waals surface area contributed by atoms with E-state index in [0.717, 1.165) is 47.2 Å². The van der Waals surface area contributed by atoms with Crippen LogP contribution in [-0.2, 0) is 29.1 Å². The Bertz CT molecular complexity index is 1070. The number of carbonyl (C=O) groups is 2. The molecular weight excluding hydrogens is 398 g/mol. The Morgan fingerprint density at radius 3 is 2.83 bits per heavy atom. The molecule has 1 N–H and O–H groups in total. The molecule has 2 amide bonds. The Morgan fingerprint density at radius 2 is 2.07 bits per heavy atom. The zero-order chi connectivity index (χ0) is 20.7. The van der Waals surface area contributed by atoms with Gasteiger partial charge in [-0.3, -0.25) is 9.59 Å². The van der Waals surface area contributed by atoms with Gasteiger partial charge in [0.15, 0.2) is 5.82 Å². The number of amides is 2. The lowest BCUT2D eigenvalue weighted by atomic mass is 9.97. The first kappa shape index (κ1) is 19.0. The predicted molar refractivity (Wildman–Crippen MR) is 114 cm³/mol. The van der Waals surface area contributed by atoms with Gasteiger partial charge >= 0.3 is 0 Å². The summed E-state index contributed by atoms with van der Waals surface area (Å²) in [5.74, 6) is 1.17. The van der Waals surface area contributed by atoms with E-state index >= 15 is 0 Å². The third kappa shape index (κ3) is 3.31. The summed E-state index contributed by atoms with van der Waals surface area (Å²) < 4.78 is 2.08. The fraction of sp³-hybridized carbons (Fsp3) is 0.364. The monoisotopic (exact) mass is 421 g/mol. The van der Waals surface area contributed by atoms with Gasteiger partial charge in [0.1, 0.15) is 5.82 Å². The van der Waals surface area contributed by atoms with Gasteiger partial charge in [-0.05, 0) is 36.9 Å². The number of carbonyl (C=O) groups excluding carboxylic acids is 2. The molecular formula is C22H23N5O2S. The first-order chi connectivity index (χ1) is 14.6. The highest BCUT2D eigenvalue weighted by Crippen LogP contribution is 2.43. The summed E-state index contributed by atoms with van der Waals surface area (Å²) in [5.41, 5.74) is 1.96. The average Bonchev–Trinajstić information content (AvgIpc) is 3.51. The maximum absolute atomic E-state index is 13.2. The van der Waals surface area contributed by atoms with Gasteiger partial charge < -0.3 is 14.8 Å². The first-order valence-corrected chi connectivity index (χ1v) is 11.1. The van der Waals surface area contributed by atoms with Crippen LogP contribution in [0.4, 0.5) is 5.69 Å². The lowest BCUT2D eigenvalue weighted by Gasteiger charge is -2.27. The summed E-state index contributed by atoms with van der Waals surface area (Å²) in [6.45, 7) is 3.25. The van der Waals surface area contributed by atoms with Crippen LogP contribution in [0.3, 0.4) is 0 Å². The number of rotatable bonds is 5. The fourth-order valence-corrected chi connectivity index (χ4v) is 5.28. The molecule has 154 valence electrons. The lowest BCUT2D eigenvalue weighted by molar-refractivity contribution is -0.127. The Hall–Kier alpha value is -3.00. The van der Waals surface area contributed by atoms with Crippen molar-refractivity contribution in [1.82, 2.24) is 20.1 Å². The van der Waals surface area contributed by atoms with E-state index in [4.69, 9.17) is 0 Å². The van der Waals surface area contributed by atoms with Crippen molar-refractivity contribution in [1.29, 1.82) is 0 Å². The molecule has 0 bridgehead atoms. The van der Waals surface area contributed by atoms with Crippen molar-refractivity contribution in [3.63, 3.8) is 0 Å². The molecule has 0 radical (unpaired) electrons. The molecule has 1 aromatic carbocycles. The number of nitrogens with one attached hydrogen (secondary N) is 1. The van der Waals surface area contributed by atoms with E-state index in [0.29, 0.717) is 6.54 Å². The van der Waals surface area contributed by atoms with Gasteiger partial charge in [-0.15, -0.1) is 21.5 Å². The molecule has 4 heterocycles. The summed E-state index contributed by atoms with van der Waals surface area (Å²) in [5, 5.41) is 13.4. The zero-order valence-corrected chi connectivity index (χ0v) is 17.6. The molecule has 1 saturated heterocycles. The third-order valence-electron chi connectivity index (χ3n) is 5.91. The van der Waals surface area contributed by atoms with Gasteiger partial charge in [-0.25, -0.2) is 0 Å². The van der Waals surface area contributed by atoms with Crippen molar-refractivity contribution >= 4 is 28.8 Å². The van der Waals surface area contributed by atoms with Crippen LogP contribution < -0.4 is 10.2 Å². The molecule has 5 rings (SSSR count). The molecule has 0 unspecified atom stereocenters. The standard InChI is InChI=1S/C22H23N5O2S/c1-14-6-8-15(9-7-14)27-20(28)12-16(21(27)17-4-3-11-30-17)22(29)23-13-19-25-24-18-5-2-10-26(18)19/h3-4,6-9,11,16,21H,2,5,10,12-13H2,1H3,(H,23,29)/t16-,21-/m1/s1. The normalized spacial score (nSPS) is 20.6. The highest BCUT2D eigenvalue weighted by atomic mass is 32.1. The minimum Gasteiger partial charge on any atom is -0.348 e. The van der Waals surface area contributed by atoms with Gasteiger partial charge in [0.05, 0.1) is 18.5 Å². The molecule has 8 heteroatoms. The number of benzene rings is 1. The maximum Gasteiger partial charge on any atom is 0.228 e. The number of anilines is 1. The van der Waals surface area contributed by atoms with Gasteiger partial charge in [0.2, 0.25) is 11.8 Å². The molecule has 30 heavy (non-hydrogen) atoms. The van der Waals surface area contributed by atoms with E-state index in [1.54, 1.807) is 16.2 Å². The van der Waals surface area contributed by atoms with Crippen LogP contribution in [0.1, 0.15) is 41.0 Å². The summed E-state index contributed by atoms with van der Waals surface area (Å²) in [7, 11) is 0.